The molecule has 6 heteroatoms. The standard InChI is InChI=1S/C15H14N5.Os/c1-17-3-5-19(11-17)14-7-13(10-16)8-15(9-14)20-6-4-18(2)12-20;/h3-8,11-12H,1-2H3;/q-3;. The van der Waals surface area contributed by atoms with Gasteiger partial charge < -0.3 is 19.6 Å². The molecule has 1 aromatic rings. The number of anilines is 2. The van der Waals surface area contributed by atoms with E-state index in [9.17, 15) is 5.26 Å². The topological polar surface area (TPSA) is 36.8 Å². The van der Waals surface area contributed by atoms with Gasteiger partial charge in [-0.15, -0.1) is 29.6 Å². The van der Waals surface area contributed by atoms with E-state index in [1.165, 1.54) is 0 Å². The molecule has 21 heavy (non-hydrogen) atoms. The van der Waals surface area contributed by atoms with Crippen LogP contribution in [0.15, 0.2) is 36.9 Å². The Hall–Kier alpha value is -1.97. The van der Waals surface area contributed by atoms with Crippen LogP contribution < -0.4 is 9.80 Å². The van der Waals surface area contributed by atoms with Gasteiger partial charge in [0.15, 0.2) is 0 Å². The molecular formula is C15H14N5Os-3. The minimum atomic E-state index is 0. The van der Waals surface area contributed by atoms with Gasteiger partial charge in [0.05, 0.1) is 6.07 Å². The summed E-state index contributed by atoms with van der Waals surface area (Å²) >= 11 is 0. The van der Waals surface area contributed by atoms with Gasteiger partial charge in [0.2, 0.25) is 0 Å². The van der Waals surface area contributed by atoms with Crippen molar-refractivity contribution in [1.29, 1.82) is 5.26 Å². The summed E-state index contributed by atoms with van der Waals surface area (Å²) in [7, 11) is 3.91. The Morgan fingerprint density at radius 1 is 0.952 bits per heavy atom. The first-order valence-electron chi connectivity index (χ1n) is 6.20. The van der Waals surface area contributed by atoms with Crippen LogP contribution in [0.4, 0.5) is 11.4 Å². The molecule has 110 valence electrons. The molecule has 0 unspecified atom stereocenters. The van der Waals surface area contributed by atoms with E-state index in [1.54, 1.807) is 0 Å². The first kappa shape index (κ1) is 15.4. The van der Waals surface area contributed by atoms with Gasteiger partial charge in [0.25, 0.3) is 0 Å². The fraction of sp³-hybridized carbons (Fsp3) is 0.133. The summed E-state index contributed by atoms with van der Waals surface area (Å²) in [4.78, 5) is 7.77. The van der Waals surface area contributed by atoms with Crippen LogP contribution in [0.1, 0.15) is 5.56 Å². The van der Waals surface area contributed by atoms with E-state index in [1.807, 2.05) is 84.0 Å². The molecule has 0 spiro atoms. The van der Waals surface area contributed by atoms with E-state index in [0.717, 1.165) is 11.4 Å². The van der Waals surface area contributed by atoms with Crippen molar-refractivity contribution in [3.05, 3.63) is 61.9 Å². The van der Waals surface area contributed by atoms with Crippen LogP contribution in [0.2, 0.25) is 0 Å². The van der Waals surface area contributed by atoms with Gasteiger partial charge in [-0.1, -0.05) is 5.56 Å². The molecule has 0 N–H and O–H groups in total. The maximum Gasteiger partial charge on any atom is 0.0726 e. The van der Waals surface area contributed by atoms with Crippen LogP contribution in [0.25, 0.3) is 0 Å². The van der Waals surface area contributed by atoms with Crippen molar-refractivity contribution < 1.29 is 19.8 Å². The maximum atomic E-state index is 9.20. The molecule has 0 saturated carbocycles. The molecule has 2 aliphatic rings. The Bertz CT molecular complexity index is 575. The van der Waals surface area contributed by atoms with E-state index in [0.29, 0.717) is 5.56 Å². The Morgan fingerprint density at radius 2 is 1.43 bits per heavy atom. The quantitative estimate of drug-likeness (QED) is 0.640. The van der Waals surface area contributed by atoms with Gasteiger partial charge in [0, 0.05) is 19.8 Å². The molecule has 2 heterocycles. The van der Waals surface area contributed by atoms with Gasteiger partial charge >= 0.3 is 0 Å². The molecule has 5 nitrogen and oxygen atoms in total. The van der Waals surface area contributed by atoms with Crippen LogP contribution in [0, 0.1) is 30.7 Å². The van der Waals surface area contributed by atoms with Crippen LogP contribution in [-0.2, 0) is 19.8 Å². The number of rotatable bonds is 2. The van der Waals surface area contributed by atoms with Gasteiger partial charge in [-0.2, -0.15) is 18.6 Å². The third kappa shape index (κ3) is 3.20. The minimum absolute atomic E-state index is 0. The SMILES string of the molecule is CN1C=CN(c2[c-]c(N3C=CN(C)[CH-]3)cc(C#N)c2)[CH-]1.[Os]. The number of nitrogens with zero attached hydrogens (tertiary/aromatic N) is 5. The van der Waals surface area contributed by atoms with Crippen molar-refractivity contribution in [2.75, 3.05) is 23.9 Å². The number of hydrogen-bond acceptors (Lipinski definition) is 5. The monoisotopic (exact) mass is 456 g/mol. The maximum absolute atomic E-state index is 9.20. The molecule has 0 radical (unpaired) electrons. The Balaban J connectivity index is 0.00000161. The first-order valence-corrected chi connectivity index (χ1v) is 6.20. The third-order valence-corrected chi connectivity index (χ3v) is 3.06. The van der Waals surface area contributed by atoms with Crippen molar-refractivity contribution in [2.24, 2.45) is 0 Å². The number of benzene rings is 1. The second-order valence-corrected chi connectivity index (χ2v) is 4.72. The molecule has 1 aromatic carbocycles. The van der Waals surface area contributed by atoms with Crippen molar-refractivity contribution in [3.63, 3.8) is 0 Å². The van der Waals surface area contributed by atoms with Crippen LogP contribution in [0.3, 0.4) is 0 Å². The second kappa shape index (κ2) is 6.20. The molecule has 0 fully saturated rings. The van der Waals surface area contributed by atoms with Crippen LogP contribution >= 0.6 is 0 Å². The molecule has 3 rings (SSSR count). The zero-order valence-corrected chi connectivity index (χ0v) is 14.2. The van der Waals surface area contributed by atoms with E-state index < -0.39 is 0 Å². The van der Waals surface area contributed by atoms with Crippen molar-refractivity contribution in [3.8, 4) is 6.07 Å². The Morgan fingerprint density at radius 3 is 1.76 bits per heavy atom. The average Bonchev–Trinajstić information content (AvgIpc) is 3.07. The molecule has 0 atom stereocenters. The fourth-order valence-corrected chi connectivity index (χ4v) is 2.07. The summed E-state index contributed by atoms with van der Waals surface area (Å²) in [6.45, 7) is 3.87. The van der Waals surface area contributed by atoms with Gasteiger partial charge in [-0.3, -0.25) is 0 Å². The van der Waals surface area contributed by atoms with Gasteiger partial charge in [-0.05, 0) is 38.9 Å². The van der Waals surface area contributed by atoms with E-state index in [-0.39, 0.29) is 19.8 Å². The largest absolute Gasteiger partial charge is 0.510 e. The molecule has 0 aromatic heterocycles. The van der Waals surface area contributed by atoms with Crippen molar-refractivity contribution >= 4 is 11.4 Å². The smallest absolute Gasteiger partial charge is 0.0726 e. The zero-order valence-electron chi connectivity index (χ0n) is 11.7. The average molecular weight is 455 g/mol. The Labute approximate surface area is 138 Å². The fourth-order valence-electron chi connectivity index (χ4n) is 2.07. The number of nitriles is 1. The summed E-state index contributed by atoms with van der Waals surface area (Å²) in [6, 6.07) is 9.18. The molecule has 0 amide bonds. The van der Waals surface area contributed by atoms with Crippen molar-refractivity contribution in [1.82, 2.24) is 9.80 Å². The third-order valence-electron chi connectivity index (χ3n) is 3.06. The predicted molar refractivity (Wildman–Crippen MR) is 77.4 cm³/mol. The van der Waals surface area contributed by atoms with Crippen molar-refractivity contribution in [2.45, 2.75) is 0 Å². The summed E-state index contributed by atoms with van der Waals surface area (Å²) in [5, 5.41) is 9.20. The predicted octanol–water partition coefficient (Wildman–Crippen LogP) is 2.04. The second-order valence-electron chi connectivity index (χ2n) is 4.72. The Kier molecular flexibility index (Phi) is 4.55. The summed E-state index contributed by atoms with van der Waals surface area (Å²) in [6.07, 6.45) is 7.77. The zero-order chi connectivity index (χ0) is 14.1. The first-order chi connectivity index (χ1) is 9.65. The normalized spacial score (nSPS) is 16.4. The summed E-state index contributed by atoms with van der Waals surface area (Å²) in [5.74, 6) is 0. The minimum Gasteiger partial charge on any atom is -0.510 e. The van der Waals surface area contributed by atoms with Gasteiger partial charge in [0.1, 0.15) is 0 Å². The summed E-state index contributed by atoms with van der Waals surface area (Å²) in [5.41, 5.74) is 2.30. The van der Waals surface area contributed by atoms with Gasteiger partial charge in [-0.25, -0.2) is 0 Å². The van der Waals surface area contributed by atoms with E-state index >= 15 is 0 Å². The van der Waals surface area contributed by atoms with E-state index in [4.69, 9.17) is 0 Å². The molecule has 2 aliphatic heterocycles. The van der Waals surface area contributed by atoms with Crippen LogP contribution in [0.5, 0.6) is 0 Å². The molecular weight excluding hydrogens is 440 g/mol. The molecule has 0 bridgehead atoms. The summed E-state index contributed by atoms with van der Waals surface area (Å²) < 4.78 is 0. The molecule has 0 saturated heterocycles. The van der Waals surface area contributed by atoms with Crippen LogP contribution in [-0.4, -0.2) is 23.9 Å². The molecule has 0 aliphatic carbocycles. The van der Waals surface area contributed by atoms with E-state index in [2.05, 4.69) is 12.1 Å². The number of hydrogen-bond donors (Lipinski definition) is 0.